The molecule has 0 spiro atoms. The van der Waals surface area contributed by atoms with Crippen LogP contribution in [0.15, 0.2) is 46.9 Å². The Morgan fingerprint density at radius 2 is 2.11 bits per heavy atom. The molecule has 9 heteroatoms. The molecule has 3 rings (SSSR count). The molecule has 2 N–H and O–H groups in total. The summed E-state index contributed by atoms with van der Waals surface area (Å²) in [5.74, 6) is -0.910. The number of carbonyl (C=O) groups excluding carboxylic acids is 1. The van der Waals surface area contributed by atoms with Gasteiger partial charge in [-0.3, -0.25) is 14.0 Å². The summed E-state index contributed by atoms with van der Waals surface area (Å²) >= 11 is 12.0. The van der Waals surface area contributed by atoms with E-state index >= 15 is 0 Å². The van der Waals surface area contributed by atoms with Crippen molar-refractivity contribution in [3.05, 3.63) is 73.6 Å². The van der Waals surface area contributed by atoms with Gasteiger partial charge in [-0.2, -0.15) is 10.2 Å². The zero-order valence-corrected chi connectivity index (χ0v) is 16.0. The van der Waals surface area contributed by atoms with Crippen LogP contribution in [0.5, 0.6) is 11.6 Å². The van der Waals surface area contributed by atoms with Gasteiger partial charge in [-0.15, -0.1) is 0 Å². The van der Waals surface area contributed by atoms with E-state index in [1.807, 2.05) is 0 Å². The molecular weight excluding hydrogens is 403 g/mol. The number of pyridine rings is 1. The van der Waals surface area contributed by atoms with Crippen molar-refractivity contribution < 1.29 is 9.53 Å². The first-order valence-corrected chi connectivity index (χ1v) is 8.64. The summed E-state index contributed by atoms with van der Waals surface area (Å²) in [6.45, 7) is 1.78. The van der Waals surface area contributed by atoms with Crippen LogP contribution >= 0.6 is 23.2 Å². The van der Waals surface area contributed by atoms with E-state index in [4.69, 9.17) is 38.9 Å². The molecule has 2 heterocycles. The molecule has 0 aliphatic heterocycles. The first-order chi connectivity index (χ1) is 13.3. The van der Waals surface area contributed by atoms with Crippen molar-refractivity contribution >= 4 is 40.8 Å². The Bertz CT molecular complexity index is 1240. The fourth-order valence-electron chi connectivity index (χ4n) is 2.46. The van der Waals surface area contributed by atoms with E-state index in [0.717, 1.165) is 11.6 Å². The number of halogens is 2. The van der Waals surface area contributed by atoms with Crippen molar-refractivity contribution in [2.75, 3.05) is 0 Å². The second kappa shape index (κ2) is 7.72. The van der Waals surface area contributed by atoms with Gasteiger partial charge in [0, 0.05) is 11.2 Å². The van der Waals surface area contributed by atoms with Gasteiger partial charge in [-0.1, -0.05) is 29.3 Å². The number of aryl methyl sites for hydroxylation is 1. The van der Waals surface area contributed by atoms with Crippen molar-refractivity contribution in [1.82, 2.24) is 9.38 Å². The molecule has 0 fully saturated rings. The van der Waals surface area contributed by atoms with Gasteiger partial charge in [0.15, 0.2) is 0 Å². The van der Waals surface area contributed by atoms with E-state index in [2.05, 4.69) is 4.98 Å². The van der Waals surface area contributed by atoms with Gasteiger partial charge in [-0.05, 0) is 42.8 Å². The van der Waals surface area contributed by atoms with Crippen molar-refractivity contribution in [2.45, 2.75) is 6.92 Å². The molecule has 0 saturated carbocycles. The smallest absolute Gasteiger partial charge is 0.269 e. The SMILES string of the molecule is Cc1cccn2c(=O)c(/C=C(\C#N)C(N)=O)c(Oc3ccc(Cl)cc3Cl)nc12. The number of nitrogens with zero attached hydrogens (tertiary/aromatic N) is 3. The van der Waals surface area contributed by atoms with Gasteiger partial charge in [0.05, 0.1) is 5.02 Å². The Morgan fingerprint density at radius 1 is 1.36 bits per heavy atom. The fourth-order valence-corrected chi connectivity index (χ4v) is 2.91. The van der Waals surface area contributed by atoms with Crippen LogP contribution < -0.4 is 16.0 Å². The van der Waals surface area contributed by atoms with Gasteiger partial charge in [0.25, 0.3) is 11.5 Å². The highest BCUT2D eigenvalue weighted by Crippen LogP contribution is 2.32. The lowest BCUT2D eigenvalue weighted by molar-refractivity contribution is -0.114. The van der Waals surface area contributed by atoms with E-state index in [9.17, 15) is 9.59 Å². The topological polar surface area (TPSA) is 110 Å². The van der Waals surface area contributed by atoms with Gasteiger partial charge < -0.3 is 10.5 Å². The van der Waals surface area contributed by atoms with Gasteiger partial charge in [0.1, 0.15) is 28.6 Å². The maximum atomic E-state index is 13.0. The van der Waals surface area contributed by atoms with Crippen LogP contribution in [0.3, 0.4) is 0 Å². The summed E-state index contributed by atoms with van der Waals surface area (Å²) in [6.07, 6.45) is 2.57. The number of primary amides is 1. The Kier molecular flexibility index (Phi) is 5.36. The van der Waals surface area contributed by atoms with Crippen molar-refractivity contribution in [2.24, 2.45) is 5.73 Å². The summed E-state index contributed by atoms with van der Waals surface area (Å²) in [7, 11) is 0. The summed E-state index contributed by atoms with van der Waals surface area (Å²) in [4.78, 5) is 28.8. The minimum atomic E-state index is -0.980. The molecule has 0 atom stereocenters. The first kappa shape index (κ1) is 19.4. The number of hydrogen-bond acceptors (Lipinski definition) is 5. The number of amides is 1. The molecule has 7 nitrogen and oxygen atoms in total. The Labute approximate surface area is 169 Å². The third kappa shape index (κ3) is 3.69. The summed E-state index contributed by atoms with van der Waals surface area (Å²) in [6, 6.07) is 9.65. The molecule has 0 bridgehead atoms. The third-order valence-electron chi connectivity index (χ3n) is 3.82. The minimum absolute atomic E-state index is 0.121. The van der Waals surface area contributed by atoms with E-state index in [-0.39, 0.29) is 22.2 Å². The maximum Gasteiger partial charge on any atom is 0.269 e. The largest absolute Gasteiger partial charge is 0.437 e. The van der Waals surface area contributed by atoms with E-state index in [1.54, 1.807) is 31.2 Å². The van der Waals surface area contributed by atoms with E-state index in [0.29, 0.717) is 10.7 Å². The molecule has 28 heavy (non-hydrogen) atoms. The molecular formula is C19H12Cl2N4O3. The van der Waals surface area contributed by atoms with Crippen molar-refractivity contribution in [3.63, 3.8) is 0 Å². The van der Waals surface area contributed by atoms with Crippen LogP contribution in [-0.2, 0) is 4.79 Å². The molecule has 3 aromatic rings. The van der Waals surface area contributed by atoms with Crippen LogP contribution in [0, 0.1) is 18.3 Å². The number of nitriles is 1. The average Bonchev–Trinajstić information content (AvgIpc) is 2.64. The number of nitrogens with two attached hydrogens (primary N) is 1. The monoisotopic (exact) mass is 414 g/mol. The lowest BCUT2D eigenvalue weighted by atomic mass is 10.1. The molecule has 0 aliphatic carbocycles. The molecule has 2 aromatic heterocycles. The van der Waals surface area contributed by atoms with Crippen LogP contribution in [0.4, 0.5) is 0 Å². The minimum Gasteiger partial charge on any atom is -0.437 e. The standard InChI is InChI=1S/C19H12Cl2N4O3/c1-10-3-2-6-25-17(10)24-18(28-15-5-4-12(20)8-14(15)21)13(19(25)27)7-11(9-22)16(23)26/h2-8H,1H3,(H2,23,26)/b11-7+. The second-order valence-corrected chi connectivity index (χ2v) is 6.58. The molecule has 1 amide bonds. The first-order valence-electron chi connectivity index (χ1n) is 7.88. The number of hydrogen-bond donors (Lipinski definition) is 1. The van der Waals surface area contributed by atoms with E-state index in [1.165, 1.54) is 22.7 Å². The van der Waals surface area contributed by atoms with Crippen molar-refractivity contribution in [3.8, 4) is 17.7 Å². The highest BCUT2D eigenvalue weighted by molar-refractivity contribution is 6.35. The zero-order chi connectivity index (χ0) is 20.4. The van der Waals surface area contributed by atoms with Crippen molar-refractivity contribution in [1.29, 1.82) is 5.26 Å². The Hall–Kier alpha value is -3.34. The number of aromatic nitrogens is 2. The Balaban J connectivity index is 2.31. The lowest BCUT2D eigenvalue weighted by Gasteiger charge is -2.12. The van der Waals surface area contributed by atoms with Gasteiger partial charge >= 0.3 is 0 Å². The van der Waals surface area contributed by atoms with Gasteiger partial charge in [-0.25, -0.2) is 0 Å². The predicted octanol–water partition coefficient (Wildman–Crippen LogP) is 3.49. The number of fused-ring (bicyclic) bond motifs is 1. The molecule has 0 unspecified atom stereocenters. The van der Waals surface area contributed by atoms with Crippen LogP contribution in [0.25, 0.3) is 11.7 Å². The zero-order valence-electron chi connectivity index (χ0n) is 14.4. The van der Waals surface area contributed by atoms with Crippen LogP contribution in [0.2, 0.25) is 10.0 Å². The molecule has 0 aliphatic rings. The van der Waals surface area contributed by atoms with E-state index < -0.39 is 17.0 Å². The lowest BCUT2D eigenvalue weighted by Crippen LogP contribution is -2.20. The van der Waals surface area contributed by atoms with Crippen LogP contribution in [-0.4, -0.2) is 15.3 Å². The highest BCUT2D eigenvalue weighted by atomic mass is 35.5. The van der Waals surface area contributed by atoms with Gasteiger partial charge in [0.2, 0.25) is 5.88 Å². The number of carbonyl (C=O) groups is 1. The summed E-state index contributed by atoms with van der Waals surface area (Å²) in [5, 5.41) is 9.74. The highest BCUT2D eigenvalue weighted by Gasteiger charge is 2.18. The number of benzene rings is 1. The van der Waals surface area contributed by atoms with Crippen LogP contribution in [0.1, 0.15) is 11.1 Å². The predicted molar refractivity (Wildman–Crippen MR) is 106 cm³/mol. The third-order valence-corrected chi connectivity index (χ3v) is 4.35. The summed E-state index contributed by atoms with van der Waals surface area (Å²) < 4.78 is 7.03. The average molecular weight is 415 g/mol. The fraction of sp³-hybridized carbons (Fsp3) is 0.0526. The normalized spacial score (nSPS) is 11.3. The number of ether oxygens (including phenoxy) is 1. The maximum absolute atomic E-state index is 13.0. The molecule has 140 valence electrons. The quantitative estimate of drug-likeness (QED) is 0.518. The Morgan fingerprint density at radius 3 is 2.75 bits per heavy atom. The molecule has 1 aromatic carbocycles. The molecule has 0 saturated heterocycles. The molecule has 0 radical (unpaired) electrons. The second-order valence-electron chi connectivity index (χ2n) is 5.73. The summed E-state index contributed by atoms with van der Waals surface area (Å²) in [5.41, 5.74) is 5.18. The number of rotatable bonds is 4.